The van der Waals surface area contributed by atoms with Gasteiger partial charge in [0.25, 0.3) is 0 Å². The molecule has 1 aromatic heterocycles. The minimum atomic E-state index is -5.24. The number of carbonyl (C=O) groups is 2. The molecule has 8 nitrogen and oxygen atoms in total. The number of imidazole rings is 1. The van der Waals surface area contributed by atoms with Gasteiger partial charge in [-0.05, 0) is 49.2 Å². The summed E-state index contributed by atoms with van der Waals surface area (Å²) in [4.78, 5) is 27.3. The Morgan fingerprint density at radius 2 is 1.95 bits per heavy atom. The first kappa shape index (κ1) is 27.9. The van der Waals surface area contributed by atoms with Gasteiger partial charge in [-0.2, -0.15) is 18.2 Å². The molecule has 0 spiro atoms. The average molecular weight is 572 g/mol. The van der Waals surface area contributed by atoms with Crippen molar-refractivity contribution in [2.45, 2.75) is 38.9 Å². The molecule has 0 fully saturated rings. The fourth-order valence-electron chi connectivity index (χ4n) is 4.75. The van der Waals surface area contributed by atoms with Gasteiger partial charge in [-0.1, -0.05) is 18.2 Å². The third-order valence-electron chi connectivity index (χ3n) is 6.74. The topological polar surface area (TPSA) is 91.7 Å². The summed E-state index contributed by atoms with van der Waals surface area (Å²) in [5.41, 5.74) is 5.21. The highest BCUT2D eigenvalue weighted by Gasteiger charge is 2.43. The molecule has 1 aliphatic heterocycles. The number of fused-ring (bicyclic) bond motifs is 2. The summed E-state index contributed by atoms with van der Waals surface area (Å²) < 4.78 is 68.3. The zero-order valence-electron chi connectivity index (χ0n) is 22.0. The predicted octanol–water partition coefficient (Wildman–Crippen LogP) is 5.98. The molecule has 0 radical (unpaired) electrons. The number of alkyl halides is 3. The highest BCUT2D eigenvalue weighted by Crippen LogP contribution is 2.38. The van der Waals surface area contributed by atoms with E-state index in [1.54, 1.807) is 28.8 Å². The lowest BCUT2D eigenvalue weighted by Crippen LogP contribution is -2.28. The number of rotatable bonds is 8. The second-order valence-corrected chi connectivity index (χ2v) is 9.43. The van der Waals surface area contributed by atoms with Crippen LogP contribution in [0.25, 0.3) is 16.7 Å². The van der Waals surface area contributed by atoms with Crippen molar-refractivity contribution in [2.75, 3.05) is 18.5 Å². The number of hydrogen-bond donors (Lipinski definition) is 1. The second kappa shape index (κ2) is 11.1. The Bertz CT molecular complexity index is 1630. The fourth-order valence-corrected chi connectivity index (χ4v) is 4.75. The van der Waals surface area contributed by atoms with E-state index < -0.39 is 30.5 Å². The molecule has 1 aliphatic rings. The maximum absolute atomic E-state index is 14.1. The molecule has 0 saturated carbocycles. The van der Waals surface area contributed by atoms with Gasteiger partial charge in [0.2, 0.25) is 0 Å². The number of halogens is 4. The lowest BCUT2D eigenvalue weighted by molar-refractivity contribution is -0.202. The van der Waals surface area contributed by atoms with Crippen molar-refractivity contribution in [3.63, 3.8) is 0 Å². The van der Waals surface area contributed by atoms with Crippen molar-refractivity contribution in [1.82, 2.24) is 9.55 Å². The largest absolute Gasteiger partial charge is 0.493 e. The molecule has 1 N–H and O–H groups in total. The normalized spacial score (nSPS) is 14.4. The van der Waals surface area contributed by atoms with Gasteiger partial charge in [-0.3, -0.25) is 9.36 Å². The van der Waals surface area contributed by atoms with E-state index in [4.69, 9.17) is 9.47 Å². The van der Waals surface area contributed by atoms with Gasteiger partial charge in [0, 0.05) is 35.8 Å². The molecular weight excluding hydrogens is 546 g/mol. The van der Waals surface area contributed by atoms with E-state index in [0.29, 0.717) is 47.2 Å². The first-order valence-corrected chi connectivity index (χ1v) is 12.8. The summed E-state index contributed by atoms with van der Waals surface area (Å²) in [5.74, 6) is -4.25. The summed E-state index contributed by atoms with van der Waals surface area (Å²) in [6.07, 6.45) is -5.67. The van der Waals surface area contributed by atoms with Crippen LogP contribution in [-0.2, 0) is 20.9 Å². The zero-order valence-corrected chi connectivity index (χ0v) is 22.0. The van der Waals surface area contributed by atoms with E-state index in [1.807, 2.05) is 32.0 Å². The third-order valence-corrected chi connectivity index (χ3v) is 6.74. The van der Waals surface area contributed by atoms with Crippen LogP contribution in [0.1, 0.15) is 36.0 Å². The Labute approximate surface area is 231 Å². The number of esters is 2. The molecule has 3 aromatic carbocycles. The van der Waals surface area contributed by atoms with Gasteiger partial charge in [-0.15, -0.1) is 0 Å². The molecule has 1 atom stereocenters. The Morgan fingerprint density at radius 1 is 1.15 bits per heavy atom. The average Bonchev–Trinajstić information content (AvgIpc) is 3.48. The Balaban J connectivity index is 1.31. The second-order valence-electron chi connectivity index (χ2n) is 9.43. The van der Waals surface area contributed by atoms with Crippen LogP contribution in [0.4, 0.5) is 23.2 Å². The molecule has 0 saturated heterocycles. The number of aromatic nitrogens is 2. The van der Waals surface area contributed by atoms with Gasteiger partial charge in [0.05, 0.1) is 36.4 Å². The SMILES string of the molecule is CCOc1nc2ccc(F)cc2n1-c1cccc(CNc2ccc3c(c2)OC[C@H]3CC(=O)OC(=O)C(F)(F)F)c1C. The summed E-state index contributed by atoms with van der Waals surface area (Å²) >= 11 is 0. The van der Waals surface area contributed by atoms with Crippen LogP contribution in [0.2, 0.25) is 0 Å². The van der Waals surface area contributed by atoms with Crippen molar-refractivity contribution in [1.29, 1.82) is 0 Å². The molecule has 0 unspecified atom stereocenters. The maximum Gasteiger partial charge on any atom is 0.491 e. The summed E-state index contributed by atoms with van der Waals surface area (Å²) in [6.45, 7) is 4.68. The van der Waals surface area contributed by atoms with E-state index in [2.05, 4.69) is 15.0 Å². The number of anilines is 1. The third kappa shape index (κ3) is 5.81. The molecule has 214 valence electrons. The molecule has 41 heavy (non-hydrogen) atoms. The number of benzene rings is 3. The Kier molecular flexibility index (Phi) is 7.57. The van der Waals surface area contributed by atoms with Gasteiger partial charge < -0.3 is 19.5 Å². The van der Waals surface area contributed by atoms with Crippen LogP contribution in [0.15, 0.2) is 54.6 Å². The molecule has 5 rings (SSSR count). The molecule has 12 heteroatoms. The molecule has 4 aromatic rings. The number of carbonyl (C=O) groups excluding carboxylic acids is 2. The molecular formula is C29H25F4N3O5. The van der Waals surface area contributed by atoms with Crippen molar-refractivity contribution in [3.8, 4) is 17.4 Å². The monoisotopic (exact) mass is 571 g/mol. The molecule has 0 amide bonds. The van der Waals surface area contributed by atoms with E-state index in [-0.39, 0.29) is 12.4 Å². The van der Waals surface area contributed by atoms with Crippen LogP contribution in [-0.4, -0.2) is 40.9 Å². The number of hydrogen-bond acceptors (Lipinski definition) is 7. The minimum absolute atomic E-state index is 0.0663. The van der Waals surface area contributed by atoms with Crippen LogP contribution in [0.5, 0.6) is 11.8 Å². The quantitative estimate of drug-likeness (QED) is 0.158. The maximum atomic E-state index is 14.1. The van der Waals surface area contributed by atoms with E-state index in [9.17, 15) is 27.2 Å². The lowest BCUT2D eigenvalue weighted by atomic mass is 9.97. The minimum Gasteiger partial charge on any atom is -0.493 e. The fraction of sp³-hybridized carbons (Fsp3) is 0.276. The Hall–Kier alpha value is -4.61. The zero-order chi connectivity index (χ0) is 29.3. The van der Waals surface area contributed by atoms with Crippen LogP contribution >= 0.6 is 0 Å². The van der Waals surface area contributed by atoms with Crippen molar-refractivity contribution < 1.29 is 41.4 Å². The summed E-state index contributed by atoms with van der Waals surface area (Å²) in [5, 5.41) is 3.33. The van der Waals surface area contributed by atoms with Crippen LogP contribution in [0, 0.1) is 12.7 Å². The van der Waals surface area contributed by atoms with E-state index >= 15 is 0 Å². The predicted molar refractivity (Wildman–Crippen MR) is 141 cm³/mol. The first-order valence-electron chi connectivity index (χ1n) is 12.8. The molecule has 2 heterocycles. The van der Waals surface area contributed by atoms with Gasteiger partial charge in [0.15, 0.2) is 0 Å². The number of nitrogens with zero attached hydrogens (tertiary/aromatic N) is 2. The summed E-state index contributed by atoms with van der Waals surface area (Å²) in [6, 6.07) is 15.7. The summed E-state index contributed by atoms with van der Waals surface area (Å²) in [7, 11) is 0. The smallest absolute Gasteiger partial charge is 0.491 e. The number of nitrogens with one attached hydrogen (secondary N) is 1. The molecule has 0 aliphatic carbocycles. The lowest BCUT2D eigenvalue weighted by Gasteiger charge is -2.16. The van der Waals surface area contributed by atoms with Crippen LogP contribution < -0.4 is 14.8 Å². The van der Waals surface area contributed by atoms with Crippen molar-refractivity contribution in [2.24, 2.45) is 0 Å². The van der Waals surface area contributed by atoms with Crippen LogP contribution in [0.3, 0.4) is 0 Å². The Morgan fingerprint density at radius 3 is 2.71 bits per heavy atom. The number of ether oxygens (including phenoxy) is 3. The van der Waals surface area contributed by atoms with Gasteiger partial charge in [0.1, 0.15) is 11.6 Å². The highest BCUT2D eigenvalue weighted by molar-refractivity contribution is 5.89. The van der Waals surface area contributed by atoms with Gasteiger partial charge in [-0.25, -0.2) is 9.18 Å². The van der Waals surface area contributed by atoms with Crippen molar-refractivity contribution in [3.05, 3.63) is 77.1 Å². The van der Waals surface area contributed by atoms with E-state index in [0.717, 1.165) is 16.8 Å². The van der Waals surface area contributed by atoms with E-state index in [1.165, 1.54) is 12.1 Å². The van der Waals surface area contributed by atoms with Gasteiger partial charge >= 0.3 is 24.1 Å². The first-order chi connectivity index (χ1) is 19.5. The van der Waals surface area contributed by atoms with Crippen molar-refractivity contribution >= 4 is 28.7 Å². The highest BCUT2D eigenvalue weighted by atomic mass is 19.4. The molecule has 0 bridgehead atoms. The standard InChI is InChI=1S/C29H25F4N3O5/c1-3-39-28-35-22-10-7-19(30)12-24(22)36(28)23-6-4-5-17(16(23)2)14-34-20-8-9-21-18(15-40-25(21)13-20)11-26(37)41-27(38)29(31,32)33/h4-10,12-13,18,34H,3,11,14-15H2,1-2H3/t18-/m1/s1.